The molecule has 0 aromatic heterocycles. The lowest BCUT2D eigenvalue weighted by Gasteiger charge is -2.25. The Hall–Kier alpha value is -0.310. The van der Waals surface area contributed by atoms with Gasteiger partial charge in [-0.3, -0.25) is 0 Å². The molecule has 0 saturated heterocycles. The predicted octanol–water partition coefficient (Wildman–Crippen LogP) is 1.17. The van der Waals surface area contributed by atoms with Gasteiger partial charge in [0.05, 0.1) is 0 Å². The minimum absolute atomic E-state index is 0.921. The molecule has 0 radical (unpaired) electrons. The van der Waals surface area contributed by atoms with Gasteiger partial charge in [-0.1, -0.05) is 0 Å². The first-order chi connectivity index (χ1) is 4.63. The zero-order valence-electron chi connectivity index (χ0n) is 7.22. The van der Waals surface area contributed by atoms with Crippen LogP contribution in [0.1, 0.15) is 13.8 Å². The summed E-state index contributed by atoms with van der Waals surface area (Å²) in [7, 11) is 4.02. The SMILES string of the molecule is CCN(C)C(=S)N(C)CC. The molecule has 0 aromatic carbocycles. The number of hydrogen-bond donors (Lipinski definition) is 0. The molecule has 0 spiro atoms. The van der Waals surface area contributed by atoms with Crippen molar-refractivity contribution in [3.05, 3.63) is 0 Å². The molecule has 0 amide bonds. The van der Waals surface area contributed by atoms with Crippen LogP contribution in [0, 0.1) is 0 Å². The van der Waals surface area contributed by atoms with Gasteiger partial charge in [0.2, 0.25) is 0 Å². The molecule has 0 aliphatic carbocycles. The Morgan fingerprint density at radius 1 is 1.10 bits per heavy atom. The summed E-state index contributed by atoms with van der Waals surface area (Å²) in [4.78, 5) is 4.11. The second-order valence-corrected chi connectivity index (χ2v) is 2.68. The molecule has 0 atom stereocenters. The predicted molar refractivity (Wildman–Crippen MR) is 49.2 cm³/mol. The third-order valence-electron chi connectivity index (χ3n) is 1.60. The van der Waals surface area contributed by atoms with E-state index in [1.165, 1.54) is 0 Å². The van der Waals surface area contributed by atoms with Crippen LogP contribution in [0.5, 0.6) is 0 Å². The van der Waals surface area contributed by atoms with Crippen LogP contribution in [0.4, 0.5) is 0 Å². The average Bonchev–Trinajstić information content (AvgIpc) is 2.00. The van der Waals surface area contributed by atoms with E-state index in [0.29, 0.717) is 0 Å². The Morgan fingerprint density at radius 3 is 1.60 bits per heavy atom. The van der Waals surface area contributed by atoms with Crippen molar-refractivity contribution in [2.45, 2.75) is 13.8 Å². The van der Waals surface area contributed by atoms with E-state index in [1.807, 2.05) is 14.1 Å². The van der Waals surface area contributed by atoms with Crippen molar-refractivity contribution >= 4 is 17.3 Å². The largest absolute Gasteiger partial charge is 0.352 e. The quantitative estimate of drug-likeness (QED) is 0.560. The Balaban J connectivity index is 3.82. The molecule has 60 valence electrons. The summed E-state index contributed by atoms with van der Waals surface area (Å²) in [6.45, 7) is 6.14. The van der Waals surface area contributed by atoms with Gasteiger partial charge >= 0.3 is 0 Å². The fourth-order valence-electron chi connectivity index (χ4n) is 0.562. The topological polar surface area (TPSA) is 6.48 Å². The lowest BCUT2D eigenvalue weighted by molar-refractivity contribution is 0.426. The molecule has 0 aromatic rings. The molecule has 0 unspecified atom stereocenters. The second-order valence-electron chi connectivity index (χ2n) is 2.31. The van der Waals surface area contributed by atoms with Gasteiger partial charge in [0, 0.05) is 27.2 Å². The van der Waals surface area contributed by atoms with Gasteiger partial charge in [-0.05, 0) is 26.1 Å². The monoisotopic (exact) mass is 160 g/mol. The van der Waals surface area contributed by atoms with E-state index in [9.17, 15) is 0 Å². The standard InChI is InChI=1S/C7H16N2S/c1-5-8(3)7(10)9(4)6-2/h5-6H2,1-4H3. The van der Waals surface area contributed by atoms with Crippen LogP contribution in [0.3, 0.4) is 0 Å². The van der Waals surface area contributed by atoms with Crippen molar-refractivity contribution in [3.63, 3.8) is 0 Å². The summed E-state index contributed by atoms with van der Waals surface area (Å²) >= 11 is 5.15. The zero-order valence-corrected chi connectivity index (χ0v) is 8.03. The smallest absolute Gasteiger partial charge is 0.171 e. The van der Waals surface area contributed by atoms with Crippen LogP contribution >= 0.6 is 12.2 Å². The van der Waals surface area contributed by atoms with Gasteiger partial charge in [0.15, 0.2) is 5.11 Å². The molecule has 0 rings (SSSR count). The lowest BCUT2D eigenvalue weighted by atomic mass is 10.6. The lowest BCUT2D eigenvalue weighted by Crippen LogP contribution is -2.38. The van der Waals surface area contributed by atoms with Gasteiger partial charge in [0.25, 0.3) is 0 Å². The van der Waals surface area contributed by atoms with Gasteiger partial charge in [-0.15, -0.1) is 0 Å². The first kappa shape index (κ1) is 9.69. The van der Waals surface area contributed by atoms with E-state index in [0.717, 1.165) is 18.2 Å². The highest BCUT2D eigenvalue weighted by molar-refractivity contribution is 7.80. The molecular formula is C7H16N2S. The minimum Gasteiger partial charge on any atom is -0.352 e. The third-order valence-corrected chi connectivity index (χ3v) is 2.23. The molecule has 0 N–H and O–H groups in total. The van der Waals surface area contributed by atoms with Crippen molar-refractivity contribution in [1.29, 1.82) is 0 Å². The maximum Gasteiger partial charge on any atom is 0.171 e. The van der Waals surface area contributed by atoms with Crippen molar-refractivity contribution < 1.29 is 0 Å². The molecule has 0 saturated carbocycles. The Morgan fingerprint density at radius 2 is 1.40 bits per heavy atom. The number of hydrogen-bond acceptors (Lipinski definition) is 1. The molecule has 10 heavy (non-hydrogen) atoms. The highest BCUT2D eigenvalue weighted by atomic mass is 32.1. The number of nitrogens with zero attached hydrogens (tertiary/aromatic N) is 2. The van der Waals surface area contributed by atoms with E-state index >= 15 is 0 Å². The van der Waals surface area contributed by atoms with Crippen molar-refractivity contribution in [3.8, 4) is 0 Å². The highest BCUT2D eigenvalue weighted by Gasteiger charge is 2.04. The van der Waals surface area contributed by atoms with E-state index in [1.54, 1.807) is 0 Å². The molecular weight excluding hydrogens is 144 g/mol. The fourth-order valence-corrected chi connectivity index (χ4v) is 0.820. The summed E-state index contributed by atoms with van der Waals surface area (Å²) in [5.41, 5.74) is 0. The van der Waals surface area contributed by atoms with Gasteiger partial charge < -0.3 is 9.80 Å². The van der Waals surface area contributed by atoms with E-state index in [-0.39, 0.29) is 0 Å². The molecule has 0 bridgehead atoms. The Labute approximate surface area is 68.8 Å². The first-order valence-electron chi connectivity index (χ1n) is 3.59. The highest BCUT2D eigenvalue weighted by Crippen LogP contribution is 1.92. The van der Waals surface area contributed by atoms with Crippen LogP contribution in [-0.2, 0) is 0 Å². The number of rotatable bonds is 2. The van der Waals surface area contributed by atoms with Crippen LogP contribution < -0.4 is 0 Å². The molecule has 0 aliphatic rings. The summed E-state index contributed by atoms with van der Waals surface area (Å²) in [6.07, 6.45) is 0. The van der Waals surface area contributed by atoms with Crippen LogP contribution in [-0.4, -0.2) is 42.1 Å². The molecule has 0 heterocycles. The van der Waals surface area contributed by atoms with Crippen LogP contribution in [0.15, 0.2) is 0 Å². The zero-order chi connectivity index (χ0) is 8.15. The van der Waals surface area contributed by atoms with Crippen molar-refractivity contribution in [1.82, 2.24) is 9.80 Å². The van der Waals surface area contributed by atoms with Crippen molar-refractivity contribution in [2.24, 2.45) is 0 Å². The Bertz CT molecular complexity index is 102. The van der Waals surface area contributed by atoms with Gasteiger partial charge in [-0.25, -0.2) is 0 Å². The summed E-state index contributed by atoms with van der Waals surface area (Å²) in [5.74, 6) is 0. The third kappa shape index (κ3) is 2.52. The molecule has 0 aliphatic heterocycles. The summed E-state index contributed by atoms with van der Waals surface area (Å²) in [6, 6.07) is 0. The normalized spacial score (nSPS) is 9.20. The van der Waals surface area contributed by atoms with Crippen LogP contribution in [0.25, 0.3) is 0 Å². The van der Waals surface area contributed by atoms with Gasteiger partial charge in [-0.2, -0.15) is 0 Å². The minimum atomic E-state index is 0.921. The van der Waals surface area contributed by atoms with E-state index < -0.39 is 0 Å². The summed E-state index contributed by atoms with van der Waals surface area (Å²) < 4.78 is 0. The average molecular weight is 160 g/mol. The first-order valence-corrected chi connectivity index (χ1v) is 4.00. The maximum atomic E-state index is 5.15. The molecule has 3 heteroatoms. The molecule has 2 nitrogen and oxygen atoms in total. The van der Waals surface area contributed by atoms with E-state index in [4.69, 9.17) is 12.2 Å². The van der Waals surface area contributed by atoms with Crippen molar-refractivity contribution in [2.75, 3.05) is 27.2 Å². The van der Waals surface area contributed by atoms with Gasteiger partial charge in [0.1, 0.15) is 0 Å². The maximum absolute atomic E-state index is 5.15. The number of thiocarbonyl (C=S) groups is 1. The fraction of sp³-hybridized carbons (Fsp3) is 0.857. The van der Waals surface area contributed by atoms with Crippen LogP contribution in [0.2, 0.25) is 0 Å². The van der Waals surface area contributed by atoms with E-state index in [2.05, 4.69) is 23.6 Å². The summed E-state index contributed by atoms with van der Waals surface area (Å²) in [5, 5.41) is 0.921. The molecule has 0 fully saturated rings. The second kappa shape index (κ2) is 4.50. The Kier molecular flexibility index (Phi) is 4.36.